The molecule has 1 aromatic carbocycles. The molecule has 29 heavy (non-hydrogen) atoms. The van der Waals surface area contributed by atoms with E-state index in [4.69, 9.17) is 11.6 Å². The number of nitrogens with zero attached hydrogens (tertiary/aromatic N) is 1. The van der Waals surface area contributed by atoms with Crippen LogP contribution in [0.25, 0.3) is 10.8 Å². The fourth-order valence-electron chi connectivity index (χ4n) is 4.37. The van der Waals surface area contributed by atoms with E-state index in [1.165, 1.54) is 17.6 Å². The number of hydrogen-bond acceptors (Lipinski definition) is 4. The molecule has 2 aromatic rings. The van der Waals surface area contributed by atoms with Gasteiger partial charge in [-0.05, 0) is 57.7 Å². The Kier molecular flexibility index (Phi) is 6.18. The fourth-order valence-corrected chi connectivity index (χ4v) is 4.64. The number of halogens is 2. The standard InChI is InChI=1S/C22H27ClFNO4/c1-14(12-26)25-11-7-15-16(20(25)28)4-5-17(23)19(15)18(27)6-10-22(29)9-3-8-21(2,24)13-22/h4-5,7,11,14,26,29H,3,6,8-10,12-13H2,1-2H3/t14-,21?,22?/m1/s1. The van der Waals surface area contributed by atoms with Gasteiger partial charge < -0.3 is 14.8 Å². The molecule has 2 N–H and O–H groups in total. The van der Waals surface area contributed by atoms with Gasteiger partial charge in [0.1, 0.15) is 5.67 Å². The lowest BCUT2D eigenvalue weighted by atomic mass is 9.74. The third kappa shape index (κ3) is 4.55. The van der Waals surface area contributed by atoms with Crippen molar-refractivity contribution < 1.29 is 19.4 Å². The summed E-state index contributed by atoms with van der Waals surface area (Å²) in [5, 5.41) is 21.1. The number of pyridine rings is 1. The summed E-state index contributed by atoms with van der Waals surface area (Å²) in [7, 11) is 0. The van der Waals surface area contributed by atoms with Gasteiger partial charge in [0.2, 0.25) is 0 Å². The molecule has 5 nitrogen and oxygen atoms in total. The number of ketones is 1. The van der Waals surface area contributed by atoms with Crippen LogP contribution in [-0.2, 0) is 0 Å². The van der Waals surface area contributed by atoms with E-state index in [2.05, 4.69) is 0 Å². The normalized spacial score (nSPS) is 25.9. The van der Waals surface area contributed by atoms with Crippen molar-refractivity contribution in [2.75, 3.05) is 6.61 Å². The molecule has 158 valence electrons. The Balaban J connectivity index is 1.91. The van der Waals surface area contributed by atoms with Crippen molar-refractivity contribution in [3.8, 4) is 0 Å². The second-order valence-corrected chi connectivity index (χ2v) is 8.94. The van der Waals surface area contributed by atoms with Crippen molar-refractivity contribution in [2.45, 2.75) is 69.7 Å². The van der Waals surface area contributed by atoms with E-state index < -0.39 is 17.3 Å². The van der Waals surface area contributed by atoms with Crippen molar-refractivity contribution in [1.29, 1.82) is 0 Å². The minimum atomic E-state index is -1.43. The lowest BCUT2D eigenvalue weighted by Gasteiger charge is -2.39. The molecule has 0 spiro atoms. The third-order valence-electron chi connectivity index (χ3n) is 5.93. The molecule has 0 radical (unpaired) electrons. The van der Waals surface area contributed by atoms with Gasteiger partial charge >= 0.3 is 0 Å². The predicted molar refractivity (Wildman–Crippen MR) is 112 cm³/mol. The highest BCUT2D eigenvalue weighted by atomic mass is 35.5. The molecule has 3 rings (SSSR count). The summed E-state index contributed by atoms with van der Waals surface area (Å²) in [4.78, 5) is 25.7. The maximum atomic E-state index is 14.3. The number of rotatable bonds is 6. The Labute approximate surface area is 174 Å². The first kappa shape index (κ1) is 21.9. The fraction of sp³-hybridized carbons (Fsp3) is 0.545. The van der Waals surface area contributed by atoms with E-state index in [0.29, 0.717) is 30.0 Å². The molecule has 1 heterocycles. The number of Topliss-reactive ketones (excluding diaryl/α,β-unsaturated/α-hetero) is 1. The zero-order valence-electron chi connectivity index (χ0n) is 16.8. The molecule has 0 amide bonds. The summed E-state index contributed by atoms with van der Waals surface area (Å²) >= 11 is 6.29. The van der Waals surface area contributed by atoms with Gasteiger partial charge in [0.25, 0.3) is 5.56 Å². The molecular formula is C22H27ClFNO4. The summed E-state index contributed by atoms with van der Waals surface area (Å²) in [5.74, 6) is -0.285. The van der Waals surface area contributed by atoms with Crippen molar-refractivity contribution in [1.82, 2.24) is 4.57 Å². The summed E-state index contributed by atoms with van der Waals surface area (Å²) in [6, 6.07) is 4.34. The van der Waals surface area contributed by atoms with E-state index in [-0.39, 0.29) is 47.8 Å². The Morgan fingerprint density at radius 3 is 2.69 bits per heavy atom. The van der Waals surface area contributed by atoms with Crippen LogP contribution in [-0.4, -0.2) is 38.4 Å². The number of carbonyl (C=O) groups is 1. The molecule has 3 atom stereocenters. The average molecular weight is 424 g/mol. The van der Waals surface area contributed by atoms with Crippen molar-refractivity contribution in [3.05, 3.63) is 45.3 Å². The monoisotopic (exact) mass is 423 g/mol. The Bertz CT molecular complexity index is 987. The Hall–Kier alpha value is -1.76. The molecule has 1 saturated carbocycles. The summed E-state index contributed by atoms with van der Waals surface area (Å²) in [5.41, 5.74) is -2.71. The number of aliphatic hydroxyl groups is 2. The van der Waals surface area contributed by atoms with Gasteiger partial charge in [-0.3, -0.25) is 9.59 Å². The molecule has 1 fully saturated rings. The van der Waals surface area contributed by atoms with Crippen LogP contribution in [0.3, 0.4) is 0 Å². The quantitative estimate of drug-likeness (QED) is 0.682. The number of aliphatic hydroxyl groups excluding tert-OH is 1. The molecule has 1 aromatic heterocycles. The summed E-state index contributed by atoms with van der Waals surface area (Å²) in [6.45, 7) is 3.02. The van der Waals surface area contributed by atoms with E-state index in [1.54, 1.807) is 25.3 Å². The predicted octanol–water partition coefficient (Wildman–Crippen LogP) is 4.20. The first-order valence-electron chi connectivity index (χ1n) is 9.96. The first-order chi connectivity index (χ1) is 13.6. The average Bonchev–Trinajstić information content (AvgIpc) is 2.65. The van der Waals surface area contributed by atoms with Gasteiger partial charge in [-0.2, -0.15) is 0 Å². The zero-order chi connectivity index (χ0) is 21.4. The van der Waals surface area contributed by atoms with Crippen LogP contribution in [0, 0.1) is 0 Å². The van der Waals surface area contributed by atoms with Crippen LogP contribution in [0.4, 0.5) is 4.39 Å². The third-order valence-corrected chi connectivity index (χ3v) is 6.25. The van der Waals surface area contributed by atoms with Gasteiger partial charge in [0, 0.05) is 35.4 Å². The van der Waals surface area contributed by atoms with Gasteiger partial charge in [-0.1, -0.05) is 11.6 Å². The highest BCUT2D eigenvalue weighted by Crippen LogP contribution is 2.40. The van der Waals surface area contributed by atoms with Gasteiger partial charge in [0.05, 0.1) is 23.3 Å². The molecular weight excluding hydrogens is 397 g/mol. The van der Waals surface area contributed by atoms with E-state index in [9.17, 15) is 24.2 Å². The lowest BCUT2D eigenvalue weighted by molar-refractivity contribution is -0.0611. The number of fused-ring (bicyclic) bond motifs is 1. The summed E-state index contributed by atoms with van der Waals surface area (Å²) in [6.07, 6.45) is 3.18. The van der Waals surface area contributed by atoms with E-state index in [0.717, 1.165) is 0 Å². The van der Waals surface area contributed by atoms with E-state index >= 15 is 0 Å². The van der Waals surface area contributed by atoms with Gasteiger partial charge in [0.15, 0.2) is 5.78 Å². The number of benzene rings is 1. The van der Waals surface area contributed by atoms with Gasteiger partial charge in [-0.15, -0.1) is 0 Å². The molecule has 7 heteroatoms. The van der Waals surface area contributed by atoms with Crippen LogP contribution in [0.1, 0.15) is 68.8 Å². The second-order valence-electron chi connectivity index (χ2n) is 8.53. The van der Waals surface area contributed by atoms with Crippen LogP contribution < -0.4 is 5.56 Å². The van der Waals surface area contributed by atoms with E-state index in [1.807, 2.05) is 0 Å². The second kappa shape index (κ2) is 8.17. The number of aromatic nitrogens is 1. The highest BCUT2D eigenvalue weighted by molar-refractivity contribution is 6.35. The maximum Gasteiger partial charge on any atom is 0.258 e. The molecule has 0 saturated heterocycles. The molecule has 1 aliphatic rings. The van der Waals surface area contributed by atoms with Crippen LogP contribution >= 0.6 is 11.6 Å². The minimum absolute atomic E-state index is 0.0142. The lowest BCUT2D eigenvalue weighted by Crippen LogP contribution is -2.41. The minimum Gasteiger partial charge on any atom is -0.394 e. The largest absolute Gasteiger partial charge is 0.394 e. The number of carbonyl (C=O) groups excluding carboxylic acids is 1. The Morgan fingerprint density at radius 2 is 2.03 bits per heavy atom. The van der Waals surface area contributed by atoms with Crippen LogP contribution in [0.5, 0.6) is 0 Å². The van der Waals surface area contributed by atoms with Gasteiger partial charge in [-0.25, -0.2) is 4.39 Å². The molecule has 1 aliphatic carbocycles. The maximum absolute atomic E-state index is 14.3. The van der Waals surface area contributed by atoms with Crippen LogP contribution in [0.2, 0.25) is 5.02 Å². The SMILES string of the molecule is C[C@H](CO)n1ccc2c(C(=O)CCC3(O)CCCC(C)(F)C3)c(Cl)ccc2c1=O. The Morgan fingerprint density at radius 1 is 1.31 bits per heavy atom. The molecule has 2 unspecified atom stereocenters. The van der Waals surface area contributed by atoms with Crippen LogP contribution in [0.15, 0.2) is 29.2 Å². The smallest absolute Gasteiger partial charge is 0.258 e. The van der Waals surface area contributed by atoms with Crippen molar-refractivity contribution in [3.63, 3.8) is 0 Å². The van der Waals surface area contributed by atoms with Crippen molar-refractivity contribution >= 4 is 28.2 Å². The topological polar surface area (TPSA) is 79.5 Å². The van der Waals surface area contributed by atoms with Crippen molar-refractivity contribution in [2.24, 2.45) is 0 Å². The highest BCUT2D eigenvalue weighted by Gasteiger charge is 2.41. The summed E-state index contributed by atoms with van der Waals surface area (Å²) < 4.78 is 15.8. The number of hydrogen-bond donors (Lipinski definition) is 2. The molecule has 0 aliphatic heterocycles. The molecule has 0 bridgehead atoms. The number of alkyl halides is 1. The first-order valence-corrected chi connectivity index (χ1v) is 10.3. The zero-order valence-corrected chi connectivity index (χ0v) is 17.5.